The molecule has 33 heavy (non-hydrogen) atoms. The van der Waals surface area contributed by atoms with Crippen LogP contribution >= 0.6 is 0 Å². The zero-order valence-electron chi connectivity index (χ0n) is 19.3. The third-order valence-corrected chi connectivity index (χ3v) is 5.44. The van der Waals surface area contributed by atoms with Gasteiger partial charge in [0.05, 0.1) is 13.2 Å². The Bertz CT molecular complexity index is 952. The second-order valence-corrected chi connectivity index (χ2v) is 8.01. The Kier molecular flexibility index (Phi) is 8.89. The summed E-state index contributed by atoms with van der Waals surface area (Å²) in [6, 6.07) is 13.0. The summed E-state index contributed by atoms with van der Waals surface area (Å²) in [6.07, 6.45) is 3.66. The summed E-state index contributed by atoms with van der Waals surface area (Å²) in [4.78, 5) is 26.4. The molecule has 0 radical (unpaired) electrons. The molecular weight excluding hydrogens is 420 g/mol. The summed E-state index contributed by atoms with van der Waals surface area (Å²) in [5.41, 5.74) is 2.47. The Morgan fingerprint density at radius 2 is 1.94 bits per heavy atom. The molecule has 7 nitrogen and oxygen atoms in total. The summed E-state index contributed by atoms with van der Waals surface area (Å²) in [7, 11) is 1.59. The number of hydrogen-bond donors (Lipinski definition) is 1. The van der Waals surface area contributed by atoms with E-state index < -0.39 is 0 Å². The average molecular weight is 453 g/mol. The Labute approximate surface area is 195 Å². The molecule has 3 rings (SSSR count). The van der Waals surface area contributed by atoms with E-state index in [1.54, 1.807) is 25.3 Å². The van der Waals surface area contributed by atoms with Crippen molar-refractivity contribution in [2.75, 3.05) is 26.9 Å². The largest absolute Gasteiger partial charge is 0.493 e. The maximum Gasteiger partial charge on any atom is 0.254 e. The minimum Gasteiger partial charge on any atom is -0.493 e. The molecule has 2 amide bonds. The Morgan fingerprint density at radius 3 is 2.58 bits per heavy atom. The van der Waals surface area contributed by atoms with Crippen LogP contribution in [0.4, 0.5) is 0 Å². The van der Waals surface area contributed by atoms with Crippen molar-refractivity contribution in [3.8, 4) is 11.5 Å². The highest BCUT2D eigenvalue weighted by Gasteiger charge is 2.24. The number of hydrogen-bond acceptors (Lipinski definition) is 5. The van der Waals surface area contributed by atoms with Gasteiger partial charge in [0.25, 0.3) is 5.91 Å². The summed E-state index contributed by atoms with van der Waals surface area (Å²) in [5, 5.41) is 2.76. The normalized spacial score (nSPS) is 15.0. The standard InChI is InChI=1S/C26H32N2O5/c1-4-13-33-24-12-9-21(15-25(24)31-3)17-28(18-23-6-5-14-32-23)26(30)22-10-7-20(8-11-22)16-27-19(2)29/h4,7-12,15,23H,1,5-6,13-14,16-18H2,2-3H3,(H,27,29). The monoisotopic (exact) mass is 452 g/mol. The first-order valence-electron chi connectivity index (χ1n) is 11.1. The van der Waals surface area contributed by atoms with Crippen LogP contribution in [-0.2, 0) is 22.6 Å². The van der Waals surface area contributed by atoms with Crippen LogP contribution in [0.3, 0.4) is 0 Å². The SMILES string of the molecule is C=CCOc1ccc(CN(CC2CCCO2)C(=O)c2ccc(CNC(C)=O)cc2)cc1OC. The van der Waals surface area contributed by atoms with E-state index in [1.807, 2.05) is 35.2 Å². The van der Waals surface area contributed by atoms with Gasteiger partial charge in [0.2, 0.25) is 5.91 Å². The molecule has 7 heteroatoms. The molecule has 2 aromatic carbocycles. The first-order valence-corrected chi connectivity index (χ1v) is 11.1. The molecule has 0 aromatic heterocycles. The summed E-state index contributed by atoms with van der Waals surface area (Å²) >= 11 is 0. The van der Waals surface area contributed by atoms with Crippen molar-refractivity contribution >= 4 is 11.8 Å². The van der Waals surface area contributed by atoms with Gasteiger partial charge in [-0.2, -0.15) is 0 Å². The van der Waals surface area contributed by atoms with E-state index in [4.69, 9.17) is 14.2 Å². The number of ether oxygens (including phenoxy) is 3. The topological polar surface area (TPSA) is 77.1 Å². The van der Waals surface area contributed by atoms with E-state index in [9.17, 15) is 9.59 Å². The van der Waals surface area contributed by atoms with Gasteiger partial charge in [-0.25, -0.2) is 0 Å². The fourth-order valence-electron chi connectivity index (χ4n) is 3.73. The molecule has 1 aliphatic heterocycles. The summed E-state index contributed by atoms with van der Waals surface area (Å²) in [5.74, 6) is 1.09. The molecule has 1 N–H and O–H groups in total. The van der Waals surface area contributed by atoms with Gasteiger partial charge in [-0.1, -0.05) is 30.9 Å². The first-order chi connectivity index (χ1) is 16.0. The van der Waals surface area contributed by atoms with Crippen LogP contribution in [0.25, 0.3) is 0 Å². The van der Waals surface area contributed by atoms with Crippen LogP contribution in [0.1, 0.15) is 41.3 Å². The van der Waals surface area contributed by atoms with Gasteiger partial charge in [0.15, 0.2) is 11.5 Å². The molecule has 0 bridgehead atoms. The van der Waals surface area contributed by atoms with Crippen LogP contribution in [0.2, 0.25) is 0 Å². The number of rotatable bonds is 11. The van der Waals surface area contributed by atoms with E-state index >= 15 is 0 Å². The molecule has 2 aromatic rings. The highest BCUT2D eigenvalue weighted by atomic mass is 16.5. The van der Waals surface area contributed by atoms with Crippen LogP contribution in [-0.4, -0.2) is 49.7 Å². The average Bonchev–Trinajstić information content (AvgIpc) is 3.34. The van der Waals surface area contributed by atoms with Gasteiger partial charge in [-0.3, -0.25) is 9.59 Å². The van der Waals surface area contributed by atoms with Gasteiger partial charge in [0.1, 0.15) is 6.61 Å². The van der Waals surface area contributed by atoms with Crippen LogP contribution in [0, 0.1) is 0 Å². The third-order valence-electron chi connectivity index (χ3n) is 5.44. The van der Waals surface area contributed by atoms with Crippen LogP contribution < -0.4 is 14.8 Å². The second-order valence-electron chi connectivity index (χ2n) is 8.01. The van der Waals surface area contributed by atoms with Gasteiger partial charge in [-0.05, 0) is 48.2 Å². The van der Waals surface area contributed by atoms with E-state index in [0.29, 0.717) is 43.3 Å². The Balaban J connectivity index is 1.77. The minimum absolute atomic E-state index is 0.0325. The summed E-state index contributed by atoms with van der Waals surface area (Å²) in [6.45, 7) is 7.64. The lowest BCUT2D eigenvalue weighted by Crippen LogP contribution is -2.37. The van der Waals surface area contributed by atoms with Crippen molar-refractivity contribution in [1.29, 1.82) is 0 Å². The molecule has 176 valence electrons. The lowest BCUT2D eigenvalue weighted by molar-refractivity contribution is -0.119. The zero-order chi connectivity index (χ0) is 23.6. The molecule has 1 saturated heterocycles. The number of nitrogens with one attached hydrogen (secondary N) is 1. The van der Waals surface area contributed by atoms with Gasteiger partial charge in [0, 0.05) is 38.7 Å². The minimum atomic E-state index is -0.0887. The number of carbonyl (C=O) groups excluding carboxylic acids is 2. The molecule has 1 heterocycles. The summed E-state index contributed by atoms with van der Waals surface area (Å²) < 4.78 is 16.9. The molecule has 0 saturated carbocycles. The van der Waals surface area contributed by atoms with Crippen molar-refractivity contribution in [3.63, 3.8) is 0 Å². The smallest absolute Gasteiger partial charge is 0.254 e. The van der Waals surface area contributed by atoms with Gasteiger partial charge in [-0.15, -0.1) is 0 Å². The number of benzene rings is 2. The van der Waals surface area contributed by atoms with E-state index in [1.165, 1.54) is 6.92 Å². The van der Waals surface area contributed by atoms with E-state index in [-0.39, 0.29) is 17.9 Å². The predicted octanol–water partition coefficient (Wildman–Crippen LogP) is 3.72. The highest BCUT2D eigenvalue weighted by Crippen LogP contribution is 2.29. The Hall–Kier alpha value is -3.32. The maximum absolute atomic E-state index is 13.4. The van der Waals surface area contributed by atoms with E-state index in [0.717, 1.165) is 30.6 Å². The quantitative estimate of drug-likeness (QED) is 0.526. The van der Waals surface area contributed by atoms with Crippen molar-refractivity contribution in [1.82, 2.24) is 10.2 Å². The van der Waals surface area contributed by atoms with E-state index in [2.05, 4.69) is 11.9 Å². The van der Waals surface area contributed by atoms with Crippen LogP contribution in [0.15, 0.2) is 55.1 Å². The van der Waals surface area contributed by atoms with Crippen molar-refractivity contribution in [2.24, 2.45) is 0 Å². The van der Waals surface area contributed by atoms with Gasteiger partial charge < -0.3 is 24.4 Å². The number of carbonyl (C=O) groups is 2. The van der Waals surface area contributed by atoms with Gasteiger partial charge >= 0.3 is 0 Å². The lowest BCUT2D eigenvalue weighted by Gasteiger charge is -2.26. The molecule has 1 atom stereocenters. The van der Waals surface area contributed by atoms with Crippen molar-refractivity contribution < 1.29 is 23.8 Å². The fraction of sp³-hybridized carbons (Fsp3) is 0.385. The predicted molar refractivity (Wildman–Crippen MR) is 126 cm³/mol. The molecule has 1 fully saturated rings. The first kappa shape index (κ1) is 24.3. The molecule has 1 aliphatic rings. The number of methoxy groups -OCH3 is 1. The zero-order valence-corrected chi connectivity index (χ0v) is 19.3. The second kappa shape index (κ2) is 12.1. The van der Waals surface area contributed by atoms with Crippen LogP contribution in [0.5, 0.6) is 11.5 Å². The number of nitrogens with zero attached hydrogens (tertiary/aromatic N) is 1. The lowest BCUT2D eigenvalue weighted by atomic mass is 10.1. The molecular formula is C26H32N2O5. The maximum atomic E-state index is 13.4. The van der Waals surface area contributed by atoms with Crippen molar-refractivity contribution in [2.45, 2.75) is 39.0 Å². The third kappa shape index (κ3) is 7.08. The Morgan fingerprint density at radius 1 is 1.18 bits per heavy atom. The molecule has 0 aliphatic carbocycles. The molecule has 0 spiro atoms. The molecule has 1 unspecified atom stereocenters. The van der Waals surface area contributed by atoms with Crippen molar-refractivity contribution in [3.05, 3.63) is 71.8 Å². The highest BCUT2D eigenvalue weighted by molar-refractivity contribution is 5.94. The fourth-order valence-corrected chi connectivity index (χ4v) is 3.73. The number of amides is 2.